The van der Waals surface area contributed by atoms with Gasteiger partial charge < -0.3 is 32.9 Å². The zero-order valence-electron chi connectivity index (χ0n) is 23.2. The second-order valence-electron chi connectivity index (χ2n) is 10.7. The van der Waals surface area contributed by atoms with Gasteiger partial charge in [0.25, 0.3) is 0 Å². The van der Waals surface area contributed by atoms with E-state index >= 15 is 0 Å². The summed E-state index contributed by atoms with van der Waals surface area (Å²) in [5.41, 5.74) is 31.8. The molecule has 0 saturated heterocycles. The SMILES string of the molecule is Nc1c(N)c(N)c2c3nc4nc(nc5[nH]c(nc6nc(nc([nH]3)c2c1N)-c1ccccc1-6)c1ccccc51)-c1ccccc1-4.[Au+]. The van der Waals surface area contributed by atoms with Crippen molar-refractivity contribution >= 4 is 66.9 Å². The maximum atomic E-state index is 6.56. The topological polar surface area (TPSA) is 213 Å². The van der Waals surface area contributed by atoms with Crippen LogP contribution in [0.3, 0.4) is 0 Å². The molecule has 3 aromatic heterocycles. The number of hydrogen-bond donors (Lipinski definition) is 6. The summed E-state index contributed by atoms with van der Waals surface area (Å²) in [6.07, 6.45) is 0. The Hall–Kier alpha value is -5.82. The van der Waals surface area contributed by atoms with E-state index < -0.39 is 0 Å². The Kier molecular flexibility index (Phi) is 5.71. The average molecular weight is 772 g/mol. The van der Waals surface area contributed by atoms with Crippen LogP contribution in [0.4, 0.5) is 22.7 Å². The first-order chi connectivity index (χ1) is 21.5. The van der Waals surface area contributed by atoms with E-state index in [1.807, 2.05) is 72.8 Å². The second-order valence-corrected chi connectivity index (χ2v) is 10.7. The molecule has 10 N–H and O–H groups in total. The van der Waals surface area contributed by atoms with Crippen LogP contribution in [-0.2, 0) is 22.4 Å². The summed E-state index contributed by atoms with van der Waals surface area (Å²) in [7, 11) is 0. The van der Waals surface area contributed by atoms with Gasteiger partial charge in [-0.3, -0.25) is 0 Å². The Labute approximate surface area is 269 Å². The van der Waals surface area contributed by atoms with Crippen molar-refractivity contribution in [3.8, 4) is 45.6 Å². The monoisotopic (exact) mass is 771 g/mol. The maximum absolute atomic E-state index is 6.56. The molecular weight excluding hydrogens is 749 g/mol. The van der Waals surface area contributed by atoms with Gasteiger partial charge in [0.1, 0.15) is 22.6 Å². The fourth-order valence-electron chi connectivity index (χ4n) is 6.00. The number of hydrogen-bond acceptors (Lipinski definition) is 10. The molecule has 2 aliphatic rings. The minimum absolute atomic E-state index is 0. The van der Waals surface area contributed by atoms with Crippen LogP contribution in [0.2, 0.25) is 0 Å². The first-order valence-corrected chi connectivity index (χ1v) is 13.8. The minimum atomic E-state index is 0. The first kappa shape index (κ1) is 26.8. The number of nitrogens with one attached hydrogen (secondary N) is 2. The van der Waals surface area contributed by atoms with Crippen molar-refractivity contribution in [1.29, 1.82) is 0 Å². The molecule has 0 aliphatic carbocycles. The standard InChI is InChI=1S/C32H22N12.Au/c33-21-19-20(22(34)24(36)23(21)35)32-43-30-18-12-6-4-10-16(18)28(41-30)39-26-14-8-2-1-7-13(14)25(37-26)38-27-15-9-3-5-11-17(15)29(40-27)42-31(19)44-32;/h1-12H,33-36H2,(H2,37,38,39,40,41,42,43,44);/q;+1. The van der Waals surface area contributed by atoms with Crippen molar-refractivity contribution in [3.63, 3.8) is 0 Å². The third-order valence-electron chi connectivity index (χ3n) is 8.16. The molecule has 2 aliphatic heterocycles. The van der Waals surface area contributed by atoms with Crippen molar-refractivity contribution < 1.29 is 22.4 Å². The molecule has 0 fully saturated rings. The number of rotatable bonds is 0. The minimum Gasteiger partial charge on any atom is -0.396 e. The van der Waals surface area contributed by atoms with E-state index in [-0.39, 0.29) is 45.1 Å². The summed E-state index contributed by atoms with van der Waals surface area (Å²) >= 11 is 0. The number of fused-ring (bicyclic) bond motifs is 20. The van der Waals surface area contributed by atoms with Crippen LogP contribution < -0.4 is 22.9 Å². The molecule has 0 atom stereocenters. The van der Waals surface area contributed by atoms with Crippen molar-refractivity contribution in [2.75, 3.05) is 22.9 Å². The Morgan fingerprint density at radius 2 is 0.689 bits per heavy atom. The van der Waals surface area contributed by atoms with E-state index in [1.54, 1.807) is 0 Å². The first-order valence-electron chi connectivity index (χ1n) is 13.8. The smallest absolute Gasteiger partial charge is 0.396 e. The van der Waals surface area contributed by atoms with Gasteiger partial charge in [-0.2, -0.15) is 0 Å². The summed E-state index contributed by atoms with van der Waals surface area (Å²) in [4.78, 5) is 36.4. The van der Waals surface area contributed by atoms with Crippen LogP contribution in [0, 0.1) is 0 Å². The predicted molar refractivity (Wildman–Crippen MR) is 174 cm³/mol. The molecular formula is C32H22AuN12+. The number of benzene rings is 4. The van der Waals surface area contributed by atoms with Gasteiger partial charge in [0.2, 0.25) is 0 Å². The molecule has 0 amide bonds. The Balaban J connectivity index is 0.00000300. The van der Waals surface area contributed by atoms with Crippen molar-refractivity contribution in [2.45, 2.75) is 0 Å². The van der Waals surface area contributed by atoms with Gasteiger partial charge in [-0.25, -0.2) is 29.9 Å². The van der Waals surface area contributed by atoms with Crippen LogP contribution in [-0.4, -0.2) is 39.9 Å². The fourth-order valence-corrected chi connectivity index (χ4v) is 6.00. The number of nitrogens with two attached hydrogens (primary N) is 4. The maximum Gasteiger partial charge on any atom is 1.00 e. The van der Waals surface area contributed by atoms with E-state index in [0.717, 1.165) is 33.0 Å². The molecule has 0 spiro atoms. The number of nitrogen functional groups attached to an aromatic ring is 4. The van der Waals surface area contributed by atoms with Gasteiger partial charge in [0, 0.05) is 33.0 Å². The summed E-state index contributed by atoms with van der Waals surface area (Å²) < 4.78 is 0. The average Bonchev–Trinajstić information content (AvgIpc) is 3.78. The molecule has 0 radical (unpaired) electrons. The van der Waals surface area contributed by atoms with E-state index in [9.17, 15) is 0 Å². The van der Waals surface area contributed by atoms with E-state index in [4.69, 9.17) is 52.8 Å². The van der Waals surface area contributed by atoms with Crippen LogP contribution in [0.15, 0.2) is 72.8 Å². The van der Waals surface area contributed by atoms with Gasteiger partial charge in [0.05, 0.1) is 33.5 Å². The molecule has 13 heteroatoms. The second kappa shape index (κ2) is 9.59. The van der Waals surface area contributed by atoms with E-state index in [1.165, 1.54) is 0 Å². The van der Waals surface area contributed by atoms with E-state index in [2.05, 4.69) is 9.97 Å². The van der Waals surface area contributed by atoms with Gasteiger partial charge in [-0.15, -0.1) is 0 Å². The zero-order valence-corrected chi connectivity index (χ0v) is 25.4. The summed E-state index contributed by atoms with van der Waals surface area (Å²) in [6.45, 7) is 0. The Morgan fingerprint density at radius 1 is 0.378 bits per heavy atom. The zero-order chi connectivity index (χ0) is 29.7. The Morgan fingerprint density at radius 3 is 1.07 bits per heavy atom. The molecule has 4 aromatic carbocycles. The van der Waals surface area contributed by atoms with Crippen molar-refractivity contribution in [2.24, 2.45) is 0 Å². The quantitative estimate of drug-likeness (QED) is 0.0877. The summed E-state index contributed by atoms with van der Waals surface area (Å²) in [5.74, 6) is 1.88. The van der Waals surface area contributed by atoms with Crippen LogP contribution in [0.25, 0.3) is 89.7 Å². The van der Waals surface area contributed by atoms with Crippen molar-refractivity contribution in [3.05, 3.63) is 72.8 Å². The molecule has 9 rings (SSSR count). The summed E-state index contributed by atoms with van der Waals surface area (Å²) in [5, 5.41) is 2.78. The van der Waals surface area contributed by atoms with Crippen LogP contribution in [0.5, 0.6) is 0 Å². The van der Waals surface area contributed by atoms with Gasteiger partial charge >= 0.3 is 22.4 Å². The number of H-pyrrole nitrogens is 2. The Bertz CT molecular complexity index is 2400. The van der Waals surface area contributed by atoms with Crippen molar-refractivity contribution in [1.82, 2.24) is 39.9 Å². The molecule has 45 heavy (non-hydrogen) atoms. The van der Waals surface area contributed by atoms with Crippen LogP contribution >= 0.6 is 0 Å². The predicted octanol–water partition coefficient (Wildman–Crippen LogP) is 5.20. The third kappa shape index (κ3) is 3.77. The molecule has 8 bridgehead atoms. The number of aromatic amines is 2. The molecule has 5 heterocycles. The molecule has 220 valence electrons. The molecule has 7 aromatic rings. The fraction of sp³-hybridized carbons (Fsp3) is 0. The molecule has 12 nitrogen and oxygen atoms in total. The molecule has 0 unspecified atom stereocenters. The number of nitrogens with zero attached hydrogens (tertiary/aromatic N) is 6. The number of anilines is 4. The number of aromatic nitrogens is 8. The normalized spacial score (nSPS) is 11.7. The van der Waals surface area contributed by atoms with Gasteiger partial charge in [-0.05, 0) is 0 Å². The summed E-state index contributed by atoms with van der Waals surface area (Å²) in [6, 6.07) is 23.5. The van der Waals surface area contributed by atoms with Gasteiger partial charge in [0.15, 0.2) is 23.3 Å². The third-order valence-corrected chi connectivity index (χ3v) is 8.16. The van der Waals surface area contributed by atoms with E-state index in [0.29, 0.717) is 56.7 Å². The molecule has 0 saturated carbocycles. The van der Waals surface area contributed by atoms with Crippen LogP contribution in [0.1, 0.15) is 0 Å². The van der Waals surface area contributed by atoms with Gasteiger partial charge in [-0.1, -0.05) is 72.8 Å². The largest absolute Gasteiger partial charge is 1.00 e.